The van der Waals surface area contributed by atoms with Gasteiger partial charge in [0.25, 0.3) is 0 Å². The molecule has 5 rings (SSSR count). The van der Waals surface area contributed by atoms with Crippen LogP contribution in [0.1, 0.15) is 36.1 Å². The van der Waals surface area contributed by atoms with Crippen LogP contribution in [0.2, 0.25) is 0 Å². The summed E-state index contributed by atoms with van der Waals surface area (Å²) < 4.78 is 5.52. The molecule has 0 aliphatic carbocycles. The van der Waals surface area contributed by atoms with Gasteiger partial charge in [-0.15, -0.1) is 0 Å². The fourth-order valence-corrected chi connectivity index (χ4v) is 4.65. The first-order chi connectivity index (χ1) is 17.4. The third kappa shape index (κ3) is 6.79. The maximum atomic E-state index is 11.6. The minimum absolute atomic E-state index is 0.0550. The van der Waals surface area contributed by atoms with E-state index in [1.54, 1.807) is 0 Å². The van der Waals surface area contributed by atoms with Crippen molar-refractivity contribution in [3.8, 4) is 0 Å². The molecule has 1 aromatic heterocycles. The first-order valence-electron chi connectivity index (χ1n) is 12.0. The number of carboxylic acids is 2. The molecule has 3 N–H and O–H groups in total. The van der Waals surface area contributed by atoms with Crippen LogP contribution in [0.4, 0.5) is 5.69 Å². The first-order valence-corrected chi connectivity index (χ1v) is 12.0. The average molecular weight is 492 g/mol. The predicted octanol–water partition coefficient (Wildman–Crippen LogP) is 3.88. The van der Waals surface area contributed by atoms with Crippen LogP contribution in [0.25, 0.3) is 11.0 Å². The van der Waals surface area contributed by atoms with Gasteiger partial charge < -0.3 is 20.1 Å². The number of carboxylic acid groups (broad SMARTS) is 2. The summed E-state index contributed by atoms with van der Waals surface area (Å²) in [6, 6.07) is 14.7. The third-order valence-electron chi connectivity index (χ3n) is 6.51. The lowest BCUT2D eigenvalue weighted by atomic mass is 9.91. The Morgan fingerprint density at radius 1 is 1.08 bits per heavy atom. The zero-order chi connectivity index (χ0) is 25.5. The van der Waals surface area contributed by atoms with Crippen LogP contribution in [0.5, 0.6) is 0 Å². The number of nitrogens with one attached hydrogen (secondary N) is 1. The number of fused-ring (bicyclic) bond motifs is 2. The molecule has 0 atom stereocenters. The van der Waals surface area contributed by atoms with Crippen molar-refractivity contribution in [2.75, 3.05) is 18.4 Å². The lowest BCUT2D eigenvalue weighted by Gasteiger charge is -2.31. The van der Waals surface area contributed by atoms with Crippen LogP contribution < -0.4 is 5.32 Å². The summed E-state index contributed by atoms with van der Waals surface area (Å²) in [7, 11) is 0. The highest BCUT2D eigenvalue weighted by Crippen LogP contribution is 2.32. The molecular formula is C27H29N3O6. The van der Waals surface area contributed by atoms with Crippen LogP contribution in [0.3, 0.4) is 0 Å². The molecule has 3 heterocycles. The van der Waals surface area contributed by atoms with Crippen molar-refractivity contribution in [1.82, 2.24) is 10.1 Å². The maximum Gasteiger partial charge on any atom is 0.328 e. The number of amides is 1. The second kappa shape index (κ2) is 11.6. The zero-order valence-corrected chi connectivity index (χ0v) is 19.9. The van der Waals surface area contributed by atoms with Crippen molar-refractivity contribution in [2.24, 2.45) is 5.92 Å². The topological polar surface area (TPSA) is 133 Å². The zero-order valence-electron chi connectivity index (χ0n) is 19.9. The molecule has 3 aromatic rings. The summed E-state index contributed by atoms with van der Waals surface area (Å²) in [6.45, 7) is 3.39. The van der Waals surface area contributed by atoms with E-state index in [2.05, 4.69) is 51.8 Å². The van der Waals surface area contributed by atoms with Gasteiger partial charge >= 0.3 is 11.9 Å². The van der Waals surface area contributed by atoms with E-state index in [1.807, 2.05) is 6.07 Å². The summed E-state index contributed by atoms with van der Waals surface area (Å²) in [5, 5.41) is 23.9. The molecule has 9 nitrogen and oxygen atoms in total. The van der Waals surface area contributed by atoms with E-state index in [0.717, 1.165) is 53.2 Å². The molecule has 0 spiro atoms. The van der Waals surface area contributed by atoms with Gasteiger partial charge in [-0.1, -0.05) is 35.5 Å². The molecule has 2 aliphatic rings. The minimum atomic E-state index is -1.26. The molecule has 0 bridgehead atoms. The third-order valence-corrected chi connectivity index (χ3v) is 6.51. The summed E-state index contributed by atoms with van der Waals surface area (Å²) in [5.41, 5.74) is 5.12. The molecule has 1 saturated heterocycles. The number of carbonyl (C=O) groups is 3. The normalized spacial score (nSPS) is 15.9. The van der Waals surface area contributed by atoms with Crippen LogP contribution in [-0.4, -0.2) is 51.2 Å². The number of piperidine rings is 1. The number of rotatable bonds is 7. The van der Waals surface area contributed by atoms with E-state index in [0.29, 0.717) is 18.6 Å². The van der Waals surface area contributed by atoms with Gasteiger partial charge in [0.05, 0.1) is 12.1 Å². The van der Waals surface area contributed by atoms with Crippen molar-refractivity contribution < 1.29 is 29.1 Å². The summed E-state index contributed by atoms with van der Waals surface area (Å²) in [6.07, 6.45) is 6.15. The monoisotopic (exact) mass is 491 g/mol. The van der Waals surface area contributed by atoms with Gasteiger partial charge in [-0.2, -0.15) is 0 Å². The molecule has 0 radical (unpaired) electrons. The number of carbonyl (C=O) groups excluding carboxylic acids is 1. The van der Waals surface area contributed by atoms with E-state index in [-0.39, 0.29) is 5.91 Å². The molecule has 36 heavy (non-hydrogen) atoms. The first kappa shape index (κ1) is 25.1. The number of aryl methyl sites for hydroxylation is 1. The predicted molar refractivity (Wildman–Crippen MR) is 134 cm³/mol. The molecule has 2 aromatic carbocycles. The van der Waals surface area contributed by atoms with E-state index < -0.39 is 11.9 Å². The second-order valence-corrected chi connectivity index (χ2v) is 9.11. The van der Waals surface area contributed by atoms with Crippen LogP contribution >= 0.6 is 0 Å². The van der Waals surface area contributed by atoms with Crippen LogP contribution in [0, 0.1) is 5.92 Å². The largest absolute Gasteiger partial charge is 0.478 e. The molecule has 188 valence electrons. The highest BCUT2D eigenvalue weighted by atomic mass is 16.5. The Kier molecular flexibility index (Phi) is 8.12. The Labute approximate surface area is 208 Å². The van der Waals surface area contributed by atoms with Crippen LogP contribution in [-0.2, 0) is 33.8 Å². The van der Waals surface area contributed by atoms with E-state index in [9.17, 15) is 14.4 Å². The van der Waals surface area contributed by atoms with Crippen molar-refractivity contribution in [2.45, 2.75) is 38.6 Å². The standard InChI is InChI=1S/C23H25N3O2.C4H4O4/c27-23-13-18-12-19-20(25-28-22(19)14-21(18)24-23)7-6-16-8-10-26(11-9-16)15-17-4-2-1-3-5-17;5-3(6)1-2-4(7)8/h1-5,12,14,16H,6-11,13,15H2,(H,24,27);1-2H,(H,5,6)(H,7,8)/b;2-1-. The fourth-order valence-electron chi connectivity index (χ4n) is 4.65. The molecular weight excluding hydrogens is 462 g/mol. The fraction of sp³-hybridized carbons (Fsp3) is 0.333. The van der Waals surface area contributed by atoms with Crippen LogP contribution in [0.15, 0.2) is 59.1 Å². The Bertz CT molecular complexity index is 1240. The van der Waals surface area contributed by atoms with Crippen molar-refractivity contribution in [3.05, 3.63) is 71.4 Å². The minimum Gasteiger partial charge on any atom is -0.478 e. The van der Waals surface area contributed by atoms with Gasteiger partial charge in [0.15, 0.2) is 5.58 Å². The number of anilines is 1. The second-order valence-electron chi connectivity index (χ2n) is 9.11. The van der Waals surface area contributed by atoms with Gasteiger partial charge in [-0.25, -0.2) is 9.59 Å². The lowest BCUT2D eigenvalue weighted by molar-refractivity contribution is -0.134. The van der Waals surface area contributed by atoms with Gasteiger partial charge in [0.1, 0.15) is 0 Å². The van der Waals surface area contributed by atoms with Gasteiger partial charge in [-0.3, -0.25) is 9.69 Å². The van der Waals surface area contributed by atoms with Gasteiger partial charge in [0.2, 0.25) is 5.91 Å². The molecule has 2 aliphatic heterocycles. The molecule has 1 amide bonds. The average Bonchev–Trinajstić information content (AvgIpc) is 3.43. The number of hydrogen-bond donors (Lipinski definition) is 3. The Balaban J connectivity index is 0.000000331. The summed E-state index contributed by atoms with van der Waals surface area (Å²) in [4.78, 5) is 33.3. The van der Waals surface area contributed by atoms with E-state index >= 15 is 0 Å². The van der Waals surface area contributed by atoms with Crippen molar-refractivity contribution in [3.63, 3.8) is 0 Å². The number of aromatic nitrogens is 1. The molecule has 1 fully saturated rings. The quantitative estimate of drug-likeness (QED) is 0.424. The summed E-state index contributed by atoms with van der Waals surface area (Å²) in [5.74, 6) is -1.71. The molecule has 0 unspecified atom stereocenters. The molecule has 9 heteroatoms. The Morgan fingerprint density at radius 3 is 2.44 bits per heavy atom. The smallest absolute Gasteiger partial charge is 0.328 e. The summed E-state index contributed by atoms with van der Waals surface area (Å²) >= 11 is 0. The lowest BCUT2D eigenvalue weighted by Crippen LogP contribution is -2.33. The van der Waals surface area contributed by atoms with E-state index in [1.165, 1.54) is 31.5 Å². The highest BCUT2D eigenvalue weighted by molar-refractivity contribution is 6.02. The number of likely N-dealkylation sites (tertiary alicyclic amines) is 1. The maximum absolute atomic E-state index is 11.6. The molecule has 0 saturated carbocycles. The van der Waals surface area contributed by atoms with Crippen molar-refractivity contribution >= 4 is 34.5 Å². The Morgan fingerprint density at radius 2 is 1.78 bits per heavy atom. The van der Waals surface area contributed by atoms with Gasteiger partial charge in [0, 0.05) is 35.8 Å². The van der Waals surface area contributed by atoms with Gasteiger partial charge in [-0.05, 0) is 61.9 Å². The number of benzene rings is 2. The number of hydrogen-bond acceptors (Lipinski definition) is 6. The number of aliphatic carboxylic acids is 2. The highest BCUT2D eigenvalue weighted by Gasteiger charge is 2.23. The van der Waals surface area contributed by atoms with Crippen molar-refractivity contribution in [1.29, 1.82) is 0 Å². The van der Waals surface area contributed by atoms with E-state index in [4.69, 9.17) is 14.7 Å². The SMILES string of the molecule is O=C(O)/C=C\C(=O)O.O=C1Cc2cc3c(CCC4CCN(Cc5ccccc5)CC4)noc3cc2N1. The Hall–Kier alpha value is -3.98. The number of nitrogens with zero attached hydrogens (tertiary/aromatic N) is 2.